The molecule has 3 aromatic rings. The molecule has 1 amide bonds. The highest BCUT2D eigenvalue weighted by atomic mass is 16.3. The highest BCUT2D eigenvalue weighted by Crippen LogP contribution is 2.39. The van der Waals surface area contributed by atoms with Crippen LogP contribution in [0.3, 0.4) is 0 Å². The topological polar surface area (TPSA) is 65.5 Å². The van der Waals surface area contributed by atoms with Crippen LogP contribution in [0.15, 0.2) is 72.9 Å². The van der Waals surface area contributed by atoms with Crippen molar-refractivity contribution in [1.29, 1.82) is 0 Å². The van der Waals surface area contributed by atoms with E-state index in [0.29, 0.717) is 12.2 Å². The van der Waals surface area contributed by atoms with Crippen LogP contribution in [0.25, 0.3) is 0 Å². The molecule has 1 aliphatic rings. The van der Waals surface area contributed by atoms with Crippen LogP contribution < -0.4 is 5.32 Å². The van der Waals surface area contributed by atoms with Crippen molar-refractivity contribution in [2.45, 2.75) is 58.2 Å². The van der Waals surface area contributed by atoms with Crippen molar-refractivity contribution in [2.75, 3.05) is 11.9 Å². The van der Waals surface area contributed by atoms with E-state index in [-0.39, 0.29) is 23.3 Å². The Labute approximate surface area is 202 Å². The summed E-state index contributed by atoms with van der Waals surface area (Å²) >= 11 is 0. The number of hydrogen-bond acceptors (Lipinski definition) is 4. The fourth-order valence-electron chi connectivity index (χ4n) is 4.86. The van der Waals surface area contributed by atoms with Crippen molar-refractivity contribution in [3.8, 4) is 0 Å². The molecule has 0 radical (unpaired) electrons. The van der Waals surface area contributed by atoms with Gasteiger partial charge in [0.05, 0.1) is 6.04 Å². The molecule has 4 rings (SSSR count). The Hall–Kier alpha value is -3.18. The van der Waals surface area contributed by atoms with Crippen molar-refractivity contribution in [3.63, 3.8) is 0 Å². The van der Waals surface area contributed by atoms with Gasteiger partial charge in [-0.3, -0.25) is 9.78 Å². The molecule has 5 heteroatoms. The number of carbonyl (C=O) groups excluding carboxylic acids is 1. The molecular weight excluding hydrogens is 422 g/mol. The summed E-state index contributed by atoms with van der Waals surface area (Å²) in [4.78, 5) is 19.9. The molecule has 34 heavy (non-hydrogen) atoms. The standard InChI is InChI=1S/C29H35N3O2/c1-20-11-9-17-30-25(20)28(34)32-18-10-16-24(26(32)21-12-6-5-7-13-21)27(33)31-23-15-8-14-22(19-23)29(2,3)4/h5-9,11-15,17,19,24,26-27,31,33H,10,16,18H2,1-4H3/t24-,26?,27?/m0/s1. The zero-order valence-corrected chi connectivity index (χ0v) is 20.5. The van der Waals surface area contributed by atoms with E-state index >= 15 is 0 Å². The third-order valence-corrected chi connectivity index (χ3v) is 6.74. The molecule has 1 aromatic heterocycles. The van der Waals surface area contributed by atoms with Crippen LogP contribution in [-0.2, 0) is 5.41 Å². The van der Waals surface area contributed by atoms with Gasteiger partial charge in [-0.15, -0.1) is 0 Å². The Morgan fingerprint density at radius 1 is 1.09 bits per heavy atom. The number of anilines is 1. The van der Waals surface area contributed by atoms with Crippen LogP contribution in [0.5, 0.6) is 0 Å². The lowest BCUT2D eigenvalue weighted by Crippen LogP contribution is -2.48. The highest BCUT2D eigenvalue weighted by Gasteiger charge is 2.40. The summed E-state index contributed by atoms with van der Waals surface area (Å²) in [7, 11) is 0. The second kappa shape index (κ2) is 9.98. The van der Waals surface area contributed by atoms with Crippen molar-refractivity contribution < 1.29 is 9.90 Å². The minimum Gasteiger partial charge on any atom is -0.373 e. The number of carbonyl (C=O) groups is 1. The van der Waals surface area contributed by atoms with Gasteiger partial charge >= 0.3 is 0 Å². The summed E-state index contributed by atoms with van der Waals surface area (Å²) in [6.07, 6.45) is 2.50. The van der Waals surface area contributed by atoms with Crippen molar-refractivity contribution >= 4 is 11.6 Å². The number of amides is 1. The van der Waals surface area contributed by atoms with E-state index in [4.69, 9.17) is 0 Å². The molecule has 1 aliphatic heterocycles. The third-order valence-electron chi connectivity index (χ3n) is 6.74. The number of aliphatic hydroxyl groups excluding tert-OH is 1. The molecule has 0 saturated carbocycles. The van der Waals surface area contributed by atoms with E-state index in [0.717, 1.165) is 29.7 Å². The van der Waals surface area contributed by atoms with Crippen LogP contribution in [0, 0.1) is 12.8 Å². The number of aliphatic hydroxyl groups is 1. The maximum atomic E-state index is 13.6. The summed E-state index contributed by atoms with van der Waals surface area (Å²) in [5.74, 6) is -0.249. The smallest absolute Gasteiger partial charge is 0.273 e. The van der Waals surface area contributed by atoms with E-state index < -0.39 is 6.23 Å². The highest BCUT2D eigenvalue weighted by molar-refractivity contribution is 5.94. The molecule has 0 bridgehead atoms. The first kappa shape index (κ1) is 24.0. The molecule has 2 N–H and O–H groups in total. The van der Waals surface area contributed by atoms with Crippen LogP contribution in [-0.4, -0.2) is 33.7 Å². The SMILES string of the molecule is Cc1cccnc1C(=O)N1CCC[C@H](C(O)Nc2cccc(C(C)(C)C)c2)C1c1ccccc1. The van der Waals surface area contributed by atoms with Gasteiger partial charge in [-0.25, -0.2) is 0 Å². The molecule has 5 nitrogen and oxygen atoms in total. The Kier molecular flexibility index (Phi) is 7.03. The molecule has 3 atom stereocenters. The van der Waals surface area contributed by atoms with Gasteiger partial charge in [0.15, 0.2) is 0 Å². The maximum Gasteiger partial charge on any atom is 0.273 e. The zero-order chi connectivity index (χ0) is 24.3. The maximum absolute atomic E-state index is 13.6. The lowest BCUT2D eigenvalue weighted by molar-refractivity contribution is 0.0157. The van der Waals surface area contributed by atoms with Crippen molar-refractivity contribution in [1.82, 2.24) is 9.88 Å². The first-order valence-electron chi connectivity index (χ1n) is 12.1. The lowest BCUT2D eigenvalue weighted by atomic mass is 9.82. The Bertz CT molecular complexity index is 1120. The monoisotopic (exact) mass is 457 g/mol. The normalized spacial score (nSPS) is 19.5. The summed E-state index contributed by atoms with van der Waals surface area (Å²) in [6.45, 7) is 9.09. The third kappa shape index (κ3) is 5.15. The average molecular weight is 458 g/mol. The number of pyridine rings is 1. The van der Waals surface area contributed by atoms with Gasteiger partial charge in [-0.05, 0) is 60.1 Å². The fraction of sp³-hybridized carbons (Fsp3) is 0.379. The number of aromatic nitrogens is 1. The lowest BCUT2D eigenvalue weighted by Gasteiger charge is -2.43. The largest absolute Gasteiger partial charge is 0.373 e. The van der Waals surface area contributed by atoms with Gasteiger partial charge in [0.1, 0.15) is 11.9 Å². The molecule has 178 valence electrons. The van der Waals surface area contributed by atoms with Crippen LogP contribution in [0.2, 0.25) is 0 Å². The predicted octanol–water partition coefficient (Wildman–Crippen LogP) is 5.71. The van der Waals surface area contributed by atoms with Crippen LogP contribution >= 0.6 is 0 Å². The number of benzene rings is 2. The molecule has 0 spiro atoms. The van der Waals surface area contributed by atoms with Gasteiger partial charge < -0.3 is 15.3 Å². The van der Waals surface area contributed by atoms with E-state index in [1.807, 2.05) is 66.4 Å². The Morgan fingerprint density at radius 2 is 1.85 bits per heavy atom. The van der Waals surface area contributed by atoms with Gasteiger partial charge in [-0.1, -0.05) is 69.3 Å². The molecule has 2 unspecified atom stereocenters. The van der Waals surface area contributed by atoms with Gasteiger partial charge in [-0.2, -0.15) is 0 Å². The summed E-state index contributed by atoms with van der Waals surface area (Å²) in [6, 6.07) is 21.8. The predicted molar refractivity (Wildman–Crippen MR) is 137 cm³/mol. The number of rotatable bonds is 5. The fourth-order valence-corrected chi connectivity index (χ4v) is 4.86. The van der Waals surface area contributed by atoms with Crippen LogP contribution in [0.1, 0.15) is 66.8 Å². The van der Waals surface area contributed by atoms with Gasteiger partial charge in [0, 0.05) is 24.3 Å². The average Bonchev–Trinajstić information content (AvgIpc) is 2.83. The number of nitrogens with one attached hydrogen (secondary N) is 1. The minimum absolute atomic E-state index is 0.0177. The van der Waals surface area contributed by atoms with Crippen LogP contribution in [0.4, 0.5) is 5.69 Å². The first-order chi connectivity index (χ1) is 16.3. The zero-order valence-electron chi connectivity index (χ0n) is 20.5. The van der Waals surface area contributed by atoms with Gasteiger partial charge in [0.25, 0.3) is 5.91 Å². The second-order valence-corrected chi connectivity index (χ2v) is 10.2. The second-order valence-electron chi connectivity index (χ2n) is 10.2. The summed E-state index contributed by atoms with van der Waals surface area (Å²) in [5, 5.41) is 14.7. The number of aryl methyl sites for hydroxylation is 1. The van der Waals surface area contributed by atoms with E-state index in [1.54, 1.807) is 6.20 Å². The van der Waals surface area contributed by atoms with Gasteiger partial charge in [0.2, 0.25) is 0 Å². The summed E-state index contributed by atoms with van der Waals surface area (Å²) in [5.41, 5.74) is 4.47. The van der Waals surface area contributed by atoms with E-state index in [1.165, 1.54) is 5.56 Å². The van der Waals surface area contributed by atoms with Crippen molar-refractivity contribution in [3.05, 3.63) is 95.3 Å². The number of nitrogens with zero attached hydrogens (tertiary/aromatic N) is 2. The summed E-state index contributed by atoms with van der Waals surface area (Å²) < 4.78 is 0. The molecule has 0 aliphatic carbocycles. The molecule has 2 aromatic carbocycles. The first-order valence-corrected chi connectivity index (χ1v) is 12.1. The van der Waals surface area contributed by atoms with E-state index in [2.05, 4.69) is 43.2 Å². The molecule has 2 heterocycles. The number of piperidine rings is 1. The molecule has 1 fully saturated rings. The van der Waals surface area contributed by atoms with Crippen molar-refractivity contribution in [2.24, 2.45) is 5.92 Å². The Balaban J connectivity index is 1.65. The number of hydrogen-bond donors (Lipinski definition) is 2. The Morgan fingerprint density at radius 3 is 2.56 bits per heavy atom. The quantitative estimate of drug-likeness (QED) is 0.482. The minimum atomic E-state index is -0.805. The van der Waals surface area contributed by atoms with E-state index in [9.17, 15) is 9.90 Å². The number of likely N-dealkylation sites (tertiary alicyclic amines) is 1. The molecular formula is C29H35N3O2. The molecule has 1 saturated heterocycles.